The first-order valence-electron chi connectivity index (χ1n) is 9.58. The van der Waals surface area contributed by atoms with E-state index in [1.807, 2.05) is 19.9 Å². The monoisotopic (exact) mass is 431 g/mol. The van der Waals surface area contributed by atoms with Crippen LogP contribution in [-0.4, -0.2) is 45.8 Å². The maximum absolute atomic E-state index is 13.0. The quantitative estimate of drug-likeness (QED) is 0.699. The zero-order valence-electron chi connectivity index (χ0n) is 16.9. The number of amides is 2. The number of anilines is 1. The Hall–Kier alpha value is -3.48. The molecule has 1 saturated heterocycles. The molecule has 0 N–H and O–H groups in total. The zero-order chi connectivity index (χ0) is 22.8. The molecule has 1 atom stereocenters. The summed E-state index contributed by atoms with van der Waals surface area (Å²) in [5, 5.41) is 8.82. The summed E-state index contributed by atoms with van der Waals surface area (Å²) >= 11 is 0. The normalized spacial score (nSPS) is 16.7. The van der Waals surface area contributed by atoms with Crippen LogP contribution >= 0.6 is 0 Å². The maximum Gasteiger partial charge on any atom is 0.433 e. The molecule has 0 unspecified atom stereocenters. The molecule has 31 heavy (non-hydrogen) atoms. The molecular formula is C21H20F3N5O2. The van der Waals surface area contributed by atoms with Crippen molar-refractivity contribution >= 4 is 17.5 Å². The van der Waals surface area contributed by atoms with E-state index in [0.29, 0.717) is 11.3 Å². The van der Waals surface area contributed by atoms with Gasteiger partial charge in [-0.3, -0.25) is 14.7 Å². The third-order valence-electron chi connectivity index (χ3n) is 5.04. The van der Waals surface area contributed by atoms with Crippen LogP contribution in [0, 0.1) is 17.2 Å². The van der Waals surface area contributed by atoms with Gasteiger partial charge in [0.2, 0.25) is 0 Å². The Morgan fingerprint density at radius 3 is 2.48 bits per heavy atom. The lowest BCUT2D eigenvalue weighted by molar-refractivity contribution is -0.141. The molecule has 1 aliphatic heterocycles. The third-order valence-corrected chi connectivity index (χ3v) is 5.04. The summed E-state index contributed by atoms with van der Waals surface area (Å²) in [6.45, 7) is 3.91. The molecule has 0 bridgehead atoms. The fraction of sp³-hybridized carbons (Fsp3) is 0.381. The minimum atomic E-state index is -4.56. The Balaban J connectivity index is 1.74. The molecule has 10 heteroatoms. The van der Waals surface area contributed by atoms with Crippen molar-refractivity contribution in [2.24, 2.45) is 5.92 Å². The number of ketones is 1. The van der Waals surface area contributed by atoms with Gasteiger partial charge in [0.15, 0.2) is 5.78 Å². The number of rotatable bonds is 6. The Morgan fingerprint density at radius 1 is 1.23 bits per heavy atom. The number of hydrogen-bond acceptors (Lipinski definition) is 5. The average Bonchev–Trinajstić information content (AvgIpc) is 3.04. The van der Waals surface area contributed by atoms with Crippen LogP contribution in [0.4, 0.5) is 23.7 Å². The lowest BCUT2D eigenvalue weighted by atomic mass is 10.0. The van der Waals surface area contributed by atoms with Gasteiger partial charge < -0.3 is 4.90 Å². The van der Waals surface area contributed by atoms with Crippen molar-refractivity contribution in [3.63, 3.8) is 0 Å². The number of alkyl halides is 3. The number of carbonyl (C=O) groups excluding carboxylic acids is 2. The van der Waals surface area contributed by atoms with Crippen molar-refractivity contribution in [1.82, 2.24) is 14.9 Å². The first-order valence-corrected chi connectivity index (χ1v) is 9.58. The molecule has 0 aliphatic carbocycles. The minimum absolute atomic E-state index is 0.00212. The van der Waals surface area contributed by atoms with Gasteiger partial charge in [-0.1, -0.05) is 13.8 Å². The van der Waals surface area contributed by atoms with E-state index in [1.165, 1.54) is 22.1 Å². The SMILES string of the molecule is CC(C)[C@H]1CN(c2ccc(C(F)(F)F)nc2)C(=O)N1CC(=O)Cc1ccc(C#N)cn1. The van der Waals surface area contributed by atoms with Gasteiger partial charge in [0, 0.05) is 18.4 Å². The molecule has 7 nitrogen and oxygen atoms in total. The van der Waals surface area contributed by atoms with E-state index in [4.69, 9.17) is 5.26 Å². The first kappa shape index (κ1) is 22.2. The molecule has 3 rings (SSSR count). The molecule has 0 spiro atoms. The molecule has 0 aromatic carbocycles. The first-order chi connectivity index (χ1) is 14.6. The van der Waals surface area contributed by atoms with Crippen LogP contribution in [0.25, 0.3) is 0 Å². The molecule has 2 amide bonds. The van der Waals surface area contributed by atoms with Crippen molar-refractivity contribution in [2.75, 3.05) is 18.0 Å². The Morgan fingerprint density at radius 2 is 1.97 bits per heavy atom. The average molecular weight is 431 g/mol. The lowest BCUT2D eigenvalue weighted by Crippen LogP contribution is -2.41. The van der Waals surface area contributed by atoms with Crippen LogP contribution in [-0.2, 0) is 17.4 Å². The standard InChI is InChI=1S/C21H20F3N5O2/c1-13(2)18-12-28(16-5-6-19(27-10-16)21(22,23)24)20(31)29(18)11-17(30)7-15-4-3-14(8-25)9-26-15/h3-6,9-10,13,18H,7,11-12H2,1-2H3/t18-/m1/s1. The van der Waals surface area contributed by atoms with Crippen LogP contribution in [0.3, 0.4) is 0 Å². The van der Waals surface area contributed by atoms with Crippen LogP contribution in [0.2, 0.25) is 0 Å². The second kappa shape index (κ2) is 8.71. The number of halogens is 3. The molecule has 162 valence electrons. The molecule has 1 fully saturated rings. The number of Topliss-reactive ketones (excluding diaryl/α,β-unsaturated/α-hetero) is 1. The van der Waals surface area contributed by atoms with Gasteiger partial charge in [0.25, 0.3) is 0 Å². The van der Waals surface area contributed by atoms with Crippen LogP contribution in [0.15, 0.2) is 36.7 Å². The van der Waals surface area contributed by atoms with Gasteiger partial charge >= 0.3 is 12.2 Å². The Bertz CT molecular complexity index is 998. The maximum atomic E-state index is 13.0. The van der Waals surface area contributed by atoms with E-state index in [2.05, 4.69) is 9.97 Å². The predicted molar refractivity (Wildman–Crippen MR) is 105 cm³/mol. The predicted octanol–water partition coefficient (Wildman–Crippen LogP) is 3.45. The van der Waals surface area contributed by atoms with Gasteiger partial charge in [-0.15, -0.1) is 0 Å². The van der Waals surface area contributed by atoms with Gasteiger partial charge in [-0.2, -0.15) is 18.4 Å². The van der Waals surface area contributed by atoms with Crippen LogP contribution in [0.5, 0.6) is 0 Å². The van der Waals surface area contributed by atoms with Gasteiger partial charge in [-0.25, -0.2) is 9.78 Å². The van der Waals surface area contributed by atoms with E-state index < -0.39 is 17.9 Å². The van der Waals surface area contributed by atoms with Crippen molar-refractivity contribution in [3.8, 4) is 6.07 Å². The van der Waals surface area contributed by atoms with Crippen molar-refractivity contribution in [1.29, 1.82) is 5.26 Å². The molecule has 3 heterocycles. The zero-order valence-corrected chi connectivity index (χ0v) is 16.9. The number of nitriles is 1. The number of carbonyl (C=O) groups is 2. The van der Waals surface area contributed by atoms with E-state index in [1.54, 1.807) is 12.1 Å². The minimum Gasteiger partial charge on any atom is -0.312 e. The van der Waals surface area contributed by atoms with Gasteiger partial charge in [0.1, 0.15) is 11.8 Å². The number of aromatic nitrogens is 2. The highest BCUT2D eigenvalue weighted by atomic mass is 19.4. The molecule has 0 radical (unpaired) electrons. The van der Waals surface area contributed by atoms with Crippen molar-refractivity contribution in [3.05, 3.63) is 53.6 Å². The number of urea groups is 1. The molecule has 1 aliphatic rings. The van der Waals surface area contributed by atoms with Crippen LogP contribution in [0.1, 0.15) is 30.8 Å². The fourth-order valence-corrected chi connectivity index (χ4v) is 3.39. The molecule has 0 saturated carbocycles. The summed E-state index contributed by atoms with van der Waals surface area (Å²) in [5.41, 5.74) is 0.0738. The summed E-state index contributed by atoms with van der Waals surface area (Å²) in [4.78, 5) is 35.8. The van der Waals surface area contributed by atoms with E-state index in [-0.39, 0.29) is 42.9 Å². The summed E-state index contributed by atoms with van der Waals surface area (Å²) in [6.07, 6.45) is -2.17. The summed E-state index contributed by atoms with van der Waals surface area (Å²) in [6, 6.07) is 6.39. The molecule has 2 aromatic rings. The fourth-order valence-electron chi connectivity index (χ4n) is 3.39. The van der Waals surface area contributed by atoms with Gasteiger partial charge in [-0.05, 0) is 30.2 Å². The highest BCUT2D eigenvalue weighted by molar-refractivity contribution is 5.97. The largest absolute Gasteiger partial charge is 0.433 e. The highest BCUT2D eigenvalue weighted by Gasteiger charge is 2.41. The molecular weight excluding hydrogens is 411 g/mol. The van der Waals surface area contributed by atoms with Crippen LogP contribution < -0.4 is 4.90 Å². The molecule has 2 aromatic heterocycles. The van der Waals surface area contributed by atoms with Gasteiger partial charge in [0.05, 0.1) is 36.5 Å². The lowest BCUT2D eigenvalue weighted by Gasteiger charge is -2.25. The van der Waals surface area contributed by atoms with E-state index in [0.717, 1.165) is 12.3 Å². The van der Waals surface area contributed by atoms with E-state index in [9.17, 15) is 22.8 Å². The third kappa shape index (κ3) is 4.99. The number of pyridine rings is 2. The Kier molecular flexibility index (Phi) is 6.24. The second-order valence-corrected chi connectivity index (χ2v) is 7.60. The number of hydrogen-bond donors (Lipinski definition) is 0. The smallest absolute Gasteiger partial charge is 0.312 e. The van der Waals surface area contributed by atoms with Crippen molar-refractivity contribution < 1.29 is 22.8 Å². The van der Waals surface area contributed by atoms with E-state index >= 15 is 0 Å². The highest BCUT2D eigenvalue weighted by Crippen LogP contribution is 2.31. The second-order valence-electron chi connectivity index (χ2n) is 7.60. The van der Waals surface area contributed by atoms with Crippen molar-refractivity contribution in [2.45, 2.75) is 32.5 Å². The summed E-state index contributed by atoms with van der Waals surface area (Å²) < 4.78 is 38.3. The number of nitrogens with zero attached hydrogens (tertiary/aromatic N) is 5. The summed E-state index contributed by atoms with van der Waals surface area (Å²) in [7, 11) is 0. The summed E-state index contributed by atoms with van der Waals surface area (Å²) in [5.74, 6) is -0.208. The topological polar surface area (TPSA) is 90.2 Å². The Labute approximate surface area is 177 Å².